The van der Waals surface area contributed by atoms with E-state index in [2.05, 4.69) is 40.4 Å². The second-order valence-corrected chi connectivity index (χ2v) is 6.15. The molecule has 0 saturated carbocycles. The van der Waals surface area contributed by atoms with Crippen LogP contribution in [0.15, 0.2) is 66.0 Å². The first-order chi connectivity index (χ1) is 13.8. The highest BCUT2D eigenvalue weighted by Crippen LogP contribution is 2.30. The SMILES string of the molecule is O=c1[nH]c2cc(Nc3ncc(-c4ncn[nH]4)cn3)cc(-c3ccccc3)c2[nH]1. The van der Waals surface area contributed by atoms with E-state index in [4.69, 9.17) is 0 Å². The second-order valence-electron chi connectivity index (χ2n) is 6.15. The Morgan fingerprint density at radius 1 is 0.893 bits per heavy atom. The molecule has 0 aliphatic heterocycles. The van der Waals surface area contributed by atoms with Crippen molar-refractivity contribution >= 4 is 22.7 Å². The van der Waals surface area contributed by atoms with Crippen molar-refractivity contribution in [1.29, 1.82) is 0 Å². The average Bonchev–Trinajstić information content (AvgIpc) is 3.38. The number of fused-ring (bicyclic) bond motifs is 1. The quantitative estimate of drug-likeness (QED) is 0.385. The van der Waals surface area contributed by atoms with Crippen molar-refractivity contribution in [2.45, 2.75) is 0 Å². The van der Waals surface area contributed by atoms with Gasteiger partial charge in [0.25, 0.3) is 0 Å². The Labute approximate surface area is 157 Å². The standard InChI is InChI=1S/C19H14N8O/c28-19-25-15-7-13(6-14(16(15)26-19)11-4-2-1-3-5-11)24-18-20-8-12(9-21-18)17-22-10-23-27-17/h1-10H,(H,20,21,24)(H,22,23,27)(H2,25,26,28). The fraction of sp³-hybridized carbons (Fsp3) is 0. The number of benzene rings is 2. The molecule has 2 aromatic carbocycles. The largest absolute Gasteiger partial charge is 0.324 e. The predicted octanol–water partition coefficient (Wildman–Crippen LogP) is 2.84. The van der Waals surface area contributed by atoms with Gasteiger partial charge in [0.05, 0.1) is 16.6 Å². The van der Waals surface area contributed by atoms with Gasteiger partial charge in [0.2, 0.25) is 5.95 Å². The molecule has 4 N–H and O–H groups in total. The Kier molecular flexibility index (Phi) is 3.68. The molecule has 3 aromatic heterocycles. The third kappa shape index (κ3) is 2.90. The number of aromatic nitrogens is 7. The number of H-pyrrole nitrogens is 3. The first-order valence-corrected chi connectivity index (χ1v) is 8.52. The number of hydrogen-bond donors (Lipinski definition) is 4. The molecule has 9 heteroatoms. The van der Waals surface area contributed by atoms with Gasteiger partial charge in [0.15, 0.2) is 5.82 Å². The van der Waals surface area contributed by atoms with Gasteiger partial charge >= 0.3 is 5.69 Å². The fourth-order valence-corrected chi connectivity index (χ4v) is 3.05. The molecule has 0 aliphatic carbocycles. The Morgan fingerprint density at radius 3 is 2.46 bits per heavy atom. The number of nitrogens with zero attached hydrogens (tertiary/aromatic N) is 4. The highest BCUT2D eigenvalue weighted by molar-refractivity contribution is 5.95. The lowest BCUT2D eigenvalue weighted by atomic mass is 10.0. The van der Waals surface area contributed by atoms with Crippen LogP contribution >= 0.6 is 0 Å². The number of aromatic amines is 3. The van der Waals surface area contributed by atoms with Crippen LogP contribution in [-0.2, 0) is 0 Å². The van der Waals surface area contributed by atoms with Gasteiger partial charge in [-0.15, -0.1) is 0 Å². The van der Waals surface area contributed by atoms with Crippen LogP contribution in [-0.4, -0.2) is 35.1 Å². The summed E-state index contributed by atoms with van der Waals surface area (Å²) in [4.78, 5) is 30.2. The van der Waals surface area contributed by atoms with E-state index in [0.29, 0.717) is 17.3 Å². The van der Waals surface area contributed by atoms with Crippen molar-refractivity contribution < 1.29 is 0 Å². The minimum absolute atomic E-state index is 0.253. The van der Waals surface area contributed by atoms with Crippen molar-refractivity contribution in [1.82, 2.24) is 35.1 Å². The summed E-state index contributed by atoms with van der Waals surface area (Å²) in [6.07, 6.45) is 4.74. The summed E-state index contributed by atoms with van der Waals surface area (Å²) in [5, 5.41) is 9.77. The zero-order valence-electron chi connectivity index (χ0n) is 14.5. The van der Waals surface area contributed by atoms with Crippen LogP contribution in [0.2, 0.25) is 0 Å². The molecule has 5 aromatic rings. The highest BCUT2D eigenvalue weighted by atomic mass is 16.1. The molecule has 0 saturated heterocycles. The zero-order valence-corrected chi connectivity index (χ0v) is 14.5. The lowest BCUT2D eigenvalue weighted by Crippen LogP contribution is -1.99. The van der Waals surface area contributed by atoms with E-state index in [1.165, 1.54) is 6.33 Å². The monoisotopic (exact) mass is 370 g/mol. The Balaban J connectivity index is 1.53. The Hall–Kier alpha value is -4.27. The van der Waals surface area contributed by atoms with E-state index < -0.39 is 0 Å². The number of rotatable bonds is 4. The van der Waals surface area contributed by atoms with Gasteiger partial charge in [-0.25, -0.2) is 19.7 Å². The maximum atomic E-state index is 11.8. The predicted molar refractivity (Wildman–Crippen MR) is 105 cm³/mol. The summed E-state index contributed by atoms with van der Waals surface area (Å²) in [7, 11) is 0. The van der Waals surface area contributed by atoms with Crippen LogP contribution < -0.4 is 11.0 Å². The molecule has 0 fully saturated rings. The van der Waals surface area contributed by atoms with Gasteiger partial charge in [-0.1, -0.05) is 30.3 Å². The lowest BCUT2D eigenvalue weighted by Gasteiger charge is -2.09. The summed E-state index contributed by atoms with van der Waals surface area (Å²) in [6.45, 7) is 0. The third-order valence-electron chi connectivity index (χ3n) is 4.31. The number of nitrogens with one attached hydrogen (secondary N) is 4. The third-order valence-corrected chi connectivity index (χ3v) is 4.31. The smallest absolute Gasteiger partial charge is 0.323 e. The van der Waals surface area contributed by atoms with Crippen molar-refractivity contribution in [3.8, 4) is 22.5 Å². The summed E-state index contributed by atoms with van der Waals surface area (Å²) >= 11 is 0. The molecule has 0 bridgehead atoms. The van der Waals surface area contributed by atoms with E-state index in [1.54, 1.807) is 12.4 Å². The van der Waals surface area contributed by atoms with Crippen LogP contribution in [0.5, 0.6) is 0 Å². The van der Waals surface area contributed by atoms with Gasteiger partial charge < -0.3 is 15.3 Å². The van der Waals surface area contributed by atoms with E-state index in [1.807, 2.05) is 42.5 Å². The van der Waals surface area contributed by atoms with Gasteiger partial charge in [-0.2, -0.15) is 5.10 Å². The number of imidazole rings is 1. The molecule has 136 valence electrons. The summed E-state index contributed by atoms with van der Waals surface area (Å²) in [5.41, 5.74) is 4.59. The van der Waals surface area contributed by atoms with E-state index in [9.17, 15) is 4.79 Å². The molecular weight excluding hydrogens is 356 g/mol. The normalized spacial score (nSPS) is 11.0. The summed E-state index contributed by atoms with van der Waals surface area (Å²) in [6, 6.07) is 13.6. The minimum Gasteiger partial charge on any atom is -0.324 e. The maximum absolute atomic E-state index is 11.8. The summed E-state index contributed by atoms with van der Waals surface area (Å²) < 4.78 is 0. The molecule has 3 heterocycles. The molecule has 0 radical (unpaired) electrons. The van der Waals surface area contributed by atoms with Crippen molar-refractivity contribution in [2.24, 2.45) is 0 Å². The highest BCUT2D eigenvalue weighted by Gasteiger charge is 2.11. The molecule has 0 spiro atoms. The van der Waals surface area contributed by atoms with E-state index >= 15 is 0 Å². The fourth-order valence-electron chi connectivity index (χ4n) is 3.05. The zero-order chi connectivity index (χ0) is 18.9. The Bertz CT molecular complexity index is 1290. The van der Waals surface area contributed by atoms with Crippen LogP contribution in [0.3, 0.4) is 0 Å². The topological polar surface area (TPSA) is 128 Å². The lowest BCUT2D eigenvalue weighted by molar-refractivity contribution is 1.08. The van der Waals surface area contributed by atoms with Crippen molar-refractivity contribution in [3.05, 3.63) is 71.7 Å². The molecule has 0 unspecified atom stereocenters. The van der Waals surface area contributed by atoms with Crippen molar-refractivity contribution in [2.75, 3.05) is 5.32 Å². The first kappa shape index (κ1) is 15.9. The van der Waals surface area contributed by atoms with Crippen LogP contribution in [0, 0.1) is 0 Å². The van der Waals surface area contributed by atoms with Gasteiger partial charge in [0, 0.05) is 23.6 Å². The molecule has 0 amide bonds. The average molecular weight is 370 g/mol. The van der Waals surface area contributed by atoms with Crippen molar-refractivity contribution in [3.63, 3.8) is 0 Å². The van der Waals surface area contributed by atoms with E-state index in [-0.39, 0.29) is 5.69 Å². The molecule has 0 atom stereocenters. The maximum Gasteiger partial charge on any atom is 0.323 e. The van der Waals surface area contributed by atoms with Gasteiger partial charge in [0.1, 0.15) is 6.33 Å². The molecular formula is C19H14N8O. The van der Waals surface area contributed by atoms with E-state index in [0.717, 1.165) is 27.9 Å². The molecule has 5 rings (SSSR count). The molecule has 0 aliphatic rings. The molecule has 28 heavy (non-hydrogen) atoms. The number of hydrogen-bond acceptors (Lipinski definition) is 6. The van der Waals surface area contributed by atoms with Gasteiger partial charge in [-0.3, -0.25) is 5.10 Å². The number of anilines is 2. The van der Waals surface area contributed by atoms with Crippen LogP contribution in [0.4, 0.5) is 11.6 Å². The molecule has 9 nitrogen and oxygen atoms in total. The second kappa shape index (κ2) is 6.47. The van der Waals surface area contributed by atoms with Gasteiger partial charge in [-0.05, 0) is 17.7 Å². The Morgan fingerprint density at radius 2 is 1.71 bits per heavy atom. The summed E-state index contributed by atoms with van der Waals surface area (Å²) in [5.74, 6) is 1.03. The van der Waals surface area contributed by atoms with Crippen LogP contribution in [0.1, 0.15) is 0 Å². The van der Waals surface area contributed by atoms with Crippen LogP contribution in [0.25, 0.3) is 33.5 Å². The first-order valence-electron chi connectivity index (χ1n) is 8.52. The minimum atomic E-state index is -0.253.